The average molecular weight is 264 g/mol. The number of hydrogen-bond donors (Lipinski definition) is 3. The van der Waals surface area contributed by atoms with Gasteiger partial charge in [-0.2, -0.15) is 0 Å². The Labute approximate surface area is 110 Å². The molecule has 0 aromatic heterocycles. The quantitative estimate of drug-likeness (QED) is 0.434. The lowest BCUT2D eigenvalue weighted by molar-refractivity contribution is -0.383. The van der Waals surface area contributed by atoms with Gasteiger partial charge in [-0.1, -0.05) is 6.07 Å². The number of benzene rings is 1. The molecule has 1 aromatic carbocycles. The van der Waals surface area contributed by atoms with Crippen LogP contribution in [0.1, 0.15) is 19.3 Å². The largest absolute Gasteiger partial charge is 0.374 e. The molecule has 0 saturated carbocycles. The molecular weight excluding hydrogens is 248 g/mol. The van der Waals surface area contributed by atoms with E-state index in [4.69, 9.17) is 10.6 Å². The molecule has 3 rings (SSSR count). The number of hydrazine groups is 1. The molecule has 7 heteroatoms. The maximum absolute atomic E-state index is 11.2. The van der Waals surface area contributed by atoms with Gasteiger partial charge in [0, 0.05) is 0 Å². The smallest absolute Gasteiger partial charge is 0.316 e. The van der Waals surface area contributed by atoms with Gasteiger partial charge >= 0.3 is 5.69 Å². The van der Waals surface area contributed by atoms with E-state index >= 15 is 0 Å². The van der Waals surface area contributed by atoms with Crippen LogP contribution in [0.2, 0.25) is 0 Å². The Morgan fingerprint density at radius 3 is 2.74 bits per heavy atom. The van der Waals surface area contributed by atoms with E-state index in [1.54, 1.807) is 18.2 Å². The molecular formula is C12H16N4O3. The molecule has 2 aliphatic heterocycles. The Morgan fingerprint density at radius 1 is 1.37 bits per heavy atom. The maximum atomic E-state index is 11.2. The second kappa shape index (κ2) is 4.67. The number of rotatable bonds is 4. The van der Waals surface area contributed by atoms with Crippen LogP contribution in [-0.4, -0.2) is 23.2 Å². The van der Waals surface area contributed by atoms with Gasteiger partial charge in [0.2, 0.25) is 0 Å². The number of nitrogen functional groups attached to an aromatic ring is 1. The number of ether oxygens (including phenoxy) is 1. The highest BCUT2D eigenvalue weighted by Gasteiger charge is 2.41. The summed E-state index contributed by atoms with van der Waals surface area (Å²) in [6.45, 7) is 0. The molecule has 1 aromatic rings. The fourth-order valence-electron chi connectivity index (χ4n) is 2.96. The van der Waals surface area contributed by atoms with E-state index in [0.29, 0.717) is 17.5 Å². The van der Waals surface area contributed by atoms with Crippen LogP contribution in [0.5, 0.6) is 0 Å². The second-order valence-corrected chi connectivity index (χ2v) is 4.96. The van der Waals surface area contributed by atoms with Crippen molar-refractivity contribution >= 4 is 17.1 Å². The third-order valence-corrected chi connectivity index (χ3v) is 3.82. The summed E-state index contributed by atoms with van der Waals surface area (Å²) in [7, 11) is 0. The highest BCUT2D eigenvalue weighted by molar-refractivity contribution is 5.76. The van der Waals surface area contributed by atoms with Crippen molar-refractivity contribution in [2.24, 2.45) is 5.84 Å². The van der Waals surface area contributed by atoms with Gasteiger partial charge in [-0.05, 0) is 31.4 Å². The summed E-state index contributed by atoms with van der Waals surface area (Å²) in [6, 6.07) is 5.16. The van der Waals surface area contributed by atoms with Crippen LogP contribution >= 0.6 is 0 Å². The zero-order valence-electron chi connectivity index (χ0n) is 10.3. The number of nitro groups is 1. The van der Waals surface area contributed by atoms with Crippen molar-refractivity contribution in [3.63, 3.8) is 0 Å². The summed E-state index contributed by atoms with van der Waals surface area (Å²) in [6.07, 6.45) is 3.49. The Hall–Kier alpha value is -1.86. The van der Waals surface area contributed by atoms with Crippen LogP contribution in [0.15, 0.2) is 18.2 Å². The molecule has 2 fully saturated rings. The van der Waals surface area contributed by atoms with Gasteiger partial charge in [0.25, 0.3) is 0 Å². The molecule has 102 valence electrons. The average Bonchev–Trinajstić information content (AvgIpc) is 3.00. The van der Waals surface area contributed by atoms with Gasteiger partial charge in [-0.3, -0.25) is 16.0 Å². The first kappa shape index (κ1) is 12.2. The fraction of sp³-hybridized carbons (Fsp3) is 0.500. The number of nitrogens with one attached hydrogen (secondary N) is 2. The Morgan fingerprint density at radius 2 is 2.16 bits per heavy atom. The highest BCUT2D eigenvalue weighted by atomic mass is 16.6. The number of anilines is 2. The molecule has 4 N–H and O–H groups in total. The minimum absolute atomic E-state index is 0.0206. The van der Waals surface area contributed by atoms with Crippen molar-refractivity contribution in [1.29, 1.82) is 0 Å². The van der Waals surface area contributed by atoms with Crippen molar-refractivity contribution in [2.45, 2.75) is 37.5 Å². The van der Waals surface area contributed by atoms with E-state index in [1.807, 2.05) is 0 Å². The van der Waals surface area contributed by atoms with E-state index in [0.717, 1.165) is 19.3 Å². The van der Waals surface area contributed by atoms with Crippen LogP contribution in [0.3, 0.4) is 0 Å². The molecule has 19 heavy (non-hydrogen) atoms. The number of nitrogens with two attached hydrogens (primary N) is 1. The van der Waals surface area contributed by atoms with Gasteiger partial charge in [-0.15, -0.1) is 0 Å². The summed E-state index contributed by atoms with van der Waals surface area (Å²) in [5, 5.41) is 14.4. The van der Waals surface area contributed by atoms with Crippen LogP contribution in [0.4, 0.5) is 17.1 Å². The lowest BCUT2D eigenvalue weighted by Gasteiger charge is -2.21. The van der Waals surface area contributed by atoms with Gasteiger partial charge in [0.05, 0.1) is 23.2 Å². The molecule has 0 radical (unpaired) electrons. The lowest BCUT2D eigenvalue weighted by Crippen LogP contribution is -2.30. The van der Waals surface area contributed by atoms with E-state index in [1.165, 1.54) is 0 Å². The number of hydrogen-bond acceptors (Lipinski definition) is 6. The first-order valence-corrected chi connectivity index (χ1v) is 6.35. The standard InChI is InChI=1S/C12H16N4O3/c13-15-9-3-1-2-8(12(9)16(17)18)14-10-6-7-4-5-11(10)19-7/h1-3,7,10-11,14-15H,4-6,13H2. The summed E-state index contributed by atoms with van der Waals surface area (Å²) < 4.78 is 5.74. The van der Waals surface area contributed by atoms with Crippen LogP contribution in [-0.2, 0) is 4.74 Å². The molecule has 0 amide bonds. The monoisotopic (exact) mass is 264 g/mol. The van der Waals surface area contributed by atoms with E-state index in [-0.39, 0.29) is 17.8 Å². The van der Waals surface area contributed by atoms with Gasteiger partial charge in [0.1, 0.15) is 11.4 Å². The van der Waals surface area contributed by atoms with E-state index in [2.05, 4.69) is 10.7 Å². The van der Waals surface area contributed by atoms with Crippen molar-refractivity contribution in [2.75, 3.05) is 10.7 Å². The first-order chi connectivity index (χ1) is 9.19. The van der Waals surface area contributed by atoms with Crippen molar-refractivity contribution in [1.82, 2.24) is 0 Å². The number of fused-ring (bicyclic) bond motifs is 2. The molecule has 2 heterocycles. The Bertz CT molecular complexity index is 508. The summed E-state index contributed by atoms with van der Waals surface area (Å²) in [5.41, 5.74) is 3.13. The van der Waals surface area contributed by atoms with Crippen molar-refractivity contribution < 1.29 is 9.66 Å². The van der Waals surface area contributed by atoms with Crippen LogP contribution < -0.4 is 16.6 Å². The third kappa shape index (κ3) is 2.11. The lowest BCUT2D eigenvalue weighted by atomic mass is 9.95. The zero-order valence-corrected chi connectivity index (χ0v) is 10.3. The topological polar surface area (TPSA) is 102 Å². The Kier molecular flexibility index (Phi) is 3.00. The SMILES string of the molecule is NNc1cccc(NC2CC3CCC2O3)c1[N+](=O)[O-]. The minimum Gasteiger partial charge on any atom is -0.374 e. The molecule has 0 spiro atoms. The summed E-state index contributed by atoms with van der Waals surface area (Å²) in [4.78, 5) is 10.7. The second-order valence-electron chi connectivity index (χ2n) is 4.96. The normalized spacial score (nSPS) is 28.4. The number of nitro benzene ring substituents is 1. The van der Waals surface area contributed by atoms with Gasteiger partial charge in [-0.25, -0.2) is 0 Å². The van der Waals surface area contributed by atoms with Crippen LogP contribution in [0, 0.1) is 10.1 Å². The van der Waals surface area contributed by atoms with Crippen molar-refractivity contribution in [3.8, 4) is 0 Å². The van der Waals surface area contributed by atoms with Crippen LogP contribution in [0.25, 0.3) is 0 Å². The summed E-state index contributed by atoms with van der Waals surface area (Å²) >= 11 is 0. The molecule has 2 bridgehead atoms. The Balaban J connectivity index is 1.86. The molecule has 2 aliphatic rings. The van der Waals surface area contributed by atoms with Crippen molar-refractivity contribution in [3.05, 3.63) is 28.3 Å². The zero-order chi connectivity index (χ0) is 13.4. The maximum Gasteiger partial charge on any atom is 0.316 e. The first-order valence-electron chi connectivity index (χ1n) is 6.35. The molecule has 3 atom stereocenters. The van der Waals surface area contributed by atoms with E-state index in [9.17, 15) is 10.1 Å². The number of para-hydroxylation sites is 1. The molecule has 0 aliphatic carbocycles. The van der Waals surface area contributed by atoms with Gasteiger partial charge < -0.3 is 15.5 Å². The predicted molar refractivity (Wildman–Crippen MR) is 70.8 cm³/mol. The van der Waals surface area contributed by atoms with E-state index < -0.39 is 4.92 Å². The van der Waals surface area contributed by atoms with Gasteiger partial charge in [0.15, 0.2) is 0 Å². The fourth-order valence-corrected chi connectivity index (χ4v) is 2.96. The molecule has 7 nitrogen and oxygen atoms in total. The third-order valence-electron chi connectivity index (χ3n) is 3.82. The molecule has 2 saturated heterocycles. The minimum atomic E-state index is -0.425. The highest BCUT2D eigenvalue weighted by Crippen LogP contribution is 2.39. The summed E-state index contributed by atoms with van der Waals surface area (Å²) in [5.74, 6) is 5.32. The molecule has 3 unspecified atom stereocenters. The predicted octanol–water partition coefficient (Wildman–Crippen LogP) is 1.61. The number of nitrogens with zero attached hydrogens (tertiary/aromatic N) is 1.